The minimum Gasteiger partial charge on any atom is -0.423 e. The fourth-order valence-electron chi connectivity index (χ4n) is 1.85. The Morgan fingerprint density at radius 2 is 1.83 bits per heavy atom. The number of unbranched alkanes of at least 4 members (excludes halogenated alkanes) is 2. The molecule has 0 bridgehead atoms. The van der Waals surface area contributed by atoms with Crippen LogP contribution in [0.1, 0.15) is 45.1 Å². The zero-order valence-corrected chi connectivity index (χ0v) is 13.4. The molecule has 0 N–H and O–H groups in total. The summed E-state index contributed by atoms with van der Waals surface area (Å²) >= 11 is 0. The summed E-state index contributed by atoms with van der Waals surface area (Å²) in [7, 11) is 0.767. The van der Waals surface area contributed by atoms with E-state index in [9.17, 15) is 8.78 Å². The molecule has 0 aliphatic rings. The second-order valence-electron chi connectivity index (χ2n) is 5.27. The molecule has 1 rings (SSSR count). The van der Waals surface area contributed by atoms with Gasteiger partial charge in [0.2, 0.25) is 0 Å². The van der Waals surface area contributed by atoms with E-state index in [-0.39, 0.29) is 5.60 Å². The van der Waals surface area contributed by atoms with E-state index >= 15 is 0 Å². The highest BCUT2D eigenvalue weighted by molar-refractivity contribution is 5.98. The molecule has 1 nitrogen and oxygen atoms in total. The van der Waals surface area contributed by atoms with Crippen LogP contribution in [0.3, 0.4) is 0 Å². The maximum atomic E-state index is 13.0. The van der Waals surface area contributed by atoms with Crippen LogP contribution in [-0.4, -0.2) is 16.1 Å². The molecule has 0 saturated heterocycles. The predicted octanol–water partition coefficient (Wildman–Crippen LogP) is 3.14. The van der Waals surface area contributed by atoms with Crippen molar-refractivity contribution >= 4 is 10.5 Å². The second-order valence-corrected chi connectivity index (χ2v) is 5.68. The lowest BCUT2D eigenvalue weighted by Gasteiger charge is -2.23. The lowest BCUT2D eigenvalue weighted by atomic mass is 9.99. The molecule has 0 aromatic heterocycles. The highest BCUT2D eigenvalue weighted by Crippen LogP contribution is 2.18. The second kappa shape index (κ2) is 7.00. The Labute approximate surface area is 111 Å². The summed E-state index contributed by atoms with van der Waals surface area (Å²) in [5.41, 5.74) is 0.862. The lowest BCUT2D eigenvalue weighted by molar-refractivity contribution is 0.109. The molecule has 0 unspecified atom stereocenters. The topological polar surface area (TPSA) is 9.23 Å². The number of hydrogen-bond donors (Lipinski definition) is 0. The fraction of sp³-hybridized carbons (Fsp3) is 0.571. The summed E-state index contributed by atoms with van der Waals surface area (Å²) in [5, 5.41) is 0. The van der Waals surface area contributed by atoms with Crippen molar-refractivity contribution in [1.82, 2.24) is 0 Å². The van der Waals surface area contributed by atoms with Crippen LogP contribution >= 0.6 is 0 Å². The van der Waals surface area contributed by atoms with Crippen molar-refractivity contribution in [1.29, 1.82) is 0 Å². The van der Waals surface area contributed by atoms with Gasteiger partial charge in [0, 0.05) is 5.60 Å². The number of halogens is 2. The minimum absolute atomic E-state index is 0.00575. The first-order chi connectivity index (χ1) is 8.44. The lowest BCUT2D eigenvalue weighted by Crippen LogP contribution is -2.22. The zero-order valence-electron chi connectivity index (χ0n) is 11.4. The molecule has 0 aliphatic heterocycles. The molecular weight excluding hydrogens is 250 g/mol. The molecule has 4 heteroatoms. The number of benzene rings is 1. The first-order valence-corrected chi connectivity index (χ1v) is 7.25. The van der Waals surface area contributed by atoms with Crippen molar-refractivity contribution in [3.05, 3.63) is 35.4 Å². The molecule has 0 heterocycles. The Morgan fingerprint density at radius 1 is 1.11 bits per heavy atom. The third kappa shape index (κ3) is 5.27. The Bertz CT molecular complexity index is 380. The average Bonchev–Trinajstić information content (AvgIpc) is 2.33. The van der Waals surface area contributed by atoms with Gasteiger partial charge in [-0.25, -0.2) is 8.78 Å². The normalized spacial score (nSPS) is 12.0. The molecule has 0 fully saturated rings. The van der Waals surface area contributed by atoms with E-state index in [1.807, 2.05) is 0 Å². The van der Waals surface area contributed by atoms with Gasteiger partial charge in [0.25, 0.3) is 0 Å². The molecule has 18 heavy (non-hydrogen) atoms. The van der Waals surface area contributed by atoms with Crippen molar-refractivity contribution < 1.29 is 13.2 Å². The van der Waals surface area contributed by atoms with Crippen LogP contribution in [0.4, 0.5) is 8.78 Å². The van der Waals surface area contributed by atoms with E-state index in [1.54, 1.807) is 6.07 Å². The van der Waals surface area contributed by atoms with Crippen LogP contribution in [0.2, 0.25) is 0 Å². The van der Waals surface area contributed by atoms with Crippen molar-refractivity contribution in [3.8, 4) is 0 Å². The Kier molecular flexibility index (Phi) is 5.95. The van der Waals surface area contributed by atoms with Crippen LogP contribution in [0, 0.1) is 11.6 Å². The summed E-state index contributed by atoms with van der Waals surface area (Å²) in [6.45, 7) is 4.21. The molecule has 0 spiro atoms. The van der Waals surface area contributed by atoms with Crippen LogP contribution in [-0.2, 0) is 10.8 Å². The van der Waals surface area contributed by atoms with Gasteiger partial charge >= 0.3 is 0 Å². The summed E-state index contributed by atoms with van der Waals surface area (Å²) in [4.78, 5) is 0. The third-order valence-electron chi connectivity index (χ3n) is 3.28. The van der Waals surface area contributed by atoms with Crippen LogP contribution in [0.15, 0.2) is 18.2 Å². The van der Waals surface area contributed by atoms with Crippen LogP contribution in [0.25, 0.3) is 0 Å². The van der Waals surface area contributed by atoms with E-state index in [4.69, 9.17) is 4.43 Å². The summed E-state index contributed by atoms with van der Waals surface area (Å²) in [5.74, 6) is -1.53. The third-order valence-corrected chi connectivity index (χ3v) is 4.39. The monoisotopic (exact) mass is 272 g/mol. The molecule has 1 aromatic carbocycles. The summed E-state index contributed by atoms with van der Waals surface area (Å²) in [6, 6.07) is 4.15. The zero-order chi connectivity index (χ0) is 13.6. The van der Waals surface area contributed by atoms with E-state index in [1.165, 1.54) is 12.1 Å². The Morgan fingerprint density at radius 3 is 2.44 bits per heavy atom. The van der Waals surface area contributed by atoms with Gasteiger partial charge in [-0.15, -0.1) is 0 Å². The Hall–Kier alpha value is -0.743. The molecular formula is C14H22F2OSi. The summed E-state index contributed by atoms with van der Waals surface area (Å²) < 4.78 is 31.2. The molecule has 0 amide bonds. The number of rotatable bonds is 7. The largest absolute Gasteiger partial charge is 0.423 e. The fourth-order valence-corrected chi connectivity index (χ4v) is 2.06. The number of hydrogen-bond acceptors (Lipinski definition) is 1. The van der Waals surface area contributed by atoms with Crippen molar-refractivity contribution in [2.75, 3.05) is 0 Å². The first-order valence-electron chi connectivity index (χ1n) is 6.44. The maximum Gasteiger partial charge on any atom is 0.159 e. The maximum absolute atomic E-state index is 13.0. The average molecular weight is 272 g/mol. The molecule has 0 aliphatic carbocycles. The van der Waals surface area contributed by atoms with Gasteiger partial charge in [0.15, 0.2) is 11.6 Å². The van der Waals surface area contributed by atoms with E-state index in [2.05, 4.69) is 13.8 Å². The van der Waals surface area contributed by atoms with Crippen molar-refractivity contribution in [3.63, 3.8) is 0 Å². The SMILES string of the molecule is CC(C)(CCCCCc1ccc(F)c(F)c1)O[SiH3]. The van der Waals surface area contributed by atoms with Gasteiger partial charge in [-0.3, -0.25) is 0 Å². The van der Waals surface area contributed by atoms with E-state index in [0.29, 0.717) is 0 Å². The van der Waals surface area contributed by atoms with E-state index < -0.39 is 11.6 Å². The highest BCUT2D eigenvalue weighted by atomic mass is 28.2. The quantitative estimate of drug-likeness (QED) is 0.547. The standard InChI is InChI=1S/C14H22F2OSi/c1-14(2,17-18)9-5-3-4-6-11-7-8-12(15)13(16)10-11/h7-8,10H,3-6,9H2,1-2,18H3. The summed E-state index contributed by atoms with van der Waals surface area (Å²) in [6.07, 6.45) is 5.06. The number of aryl methyl sites for hydroxylation is 1. The van der Waals surface area contributed by atoms with Gasteiger partial charge in [0.05, 0.1) is 0 Å². The van der Waals surface area contributed by atoms with Gasteiger partial charge in [-0.05, 0) is 50.8 Å². The predicted molar refractivity (Wildman–Crippen MR) is 73.6 cm³/mol. The van der Waals surface area contributed by atoms with E-state index in [0.717, 1.165) is 48.2 Å². The van der Waals surface area contributed by atoms with Crippen LogP contribution < -0.4 is 0 Å². The molecule has 0 radical (unpaired) electrons. The Balaban J connectivity index is 2.24. The molecule has 102 valence electrons. The van der Waals surface area contributed by atoms with Gasteiger partial charge in [0.1, 0.15) is 10.5 Å². The molecule has 1 aromatic rings. The van der Waals surface area contributed by atoms with Crippen molar-refractivity contribution in [2.45, 2.75) is 51.6 Å². The minimum atomic E-state index is -0.773. The van der Waals surface area contributed by atoms with Crippen molar-refractivity contribution in [2.24, 2.45) is 0 Å². The smallest absolute Gasteiger partial charge is 0.159 e. The molecule has 0 saturated carbocycles. The van der Waals surface area contributed by atoms with Gasteiger partial charge < -0.3 is 4.43 Å². The first kappa shape index (κ1) is 15.3. The van der Waals surface area contributed by atoms with Crippen LogP contribution in [0.5, 0.6) is 0 Å². The molecule has 0 atom stereocenters. The highest BCUT2D eigenvalue weighted by Gasteiger charge is 2.14. The van der Waals surface area contributed by atoms with Gasteiger partial charge in [-0.2, -0.15) is 0 Å². The van der Waals surface area contributed by atoms with Gasteiger partial charge in [-0.1, -0.05) is 18.9 Å².